The molecule has 1 N–H and O–H groups in total. The smallest absolute Gasteiger partial charge is 0.124 e. The molecule has 1 atom stereocenters. The molecule has 0 aliphatic rings. The molecule has 2 rings (SSSR count). The monoisotopic (exact) mass is 285 g/mol. The highest BCUT2D eigenvalue weighted by atomic mass is 16.5. The van der Waals surface area contributed by atoms with Gasteiger partial charge in [-0.15, -0.1) is 0 Å². The molecule has 3 nitrogen and oxygen atoms in total. The summed E-state index contributed by atoms with van der Waals surface area (Å²) in [6, 6.07) is 18.2. The van der Waals surface area contributed by atoms with Gasteiger partial charge >= 0.3 is 0 Å². The molecule has 0 radical (unpaired) electrons. The van der Waals surface area contributed by atoms with Crippen LogP contribution in [0, 0.1) is 0 Å². The summed E-state index contributed by atoms with van der Waals surface area (Å²) in [4.78, 5) is 0. The Bertz CT molecular complexity index is 528. The lowest BCUT2D eigenvalue weighted by atomic mass is 10.1. The summed E-state index contributed by atoms with van der Waals surface area (Å²) >= 11 is 0. The van der Waals surface area contributed by atoms with Crippen molar-refractivity contribution in [2.24, 2.45) is 0 Å². The lowest BCUT2D eigenvalue weighted by molar-refractivity contribution is 0.215. The number of ether oxygens (including phenoxy) is 2. The second kappa shape index (κ2) is 8.32. The number of nitrogens with one attached hydrogen (secondary N) is 1. The first-order chi connectivity index (χ1) is 10.3. The lowest BCUT2D eigenvalue weighted by Gasteiger charge is -2.17. The third-order valence-electron chi connectivity index (χ3n) is 3.25. The van der Waals surface area contributed by atoms with Crippen molar-refractivity contribution in [3.8, 4) is 11.5 Å². The lowest BCUT2D eigenvalue weighted by Crippen LogP contribution is -2.19. The van der Waals surface area contributed by atoms with Crippen LogP contribution in [-0.2, 0) is 0 Å². The van der Waals surface area contributed by atoms with Crippen molar-refractivity contribution in [3.63, 3.8) is 0 Å². The van der Waals surface area contributed by atoms with Gasteiger partial charge in [-0.2, -0.15) is 0 Å². The van der Waals surface area contributed by atoms with Crippen LogP contribution in [0.5, 0.6) is 11.5 Å². The SMILES string of the molecule is CCNC(C)c1ccccc1OCCOc1ccccc1. The third-order valence-corrected chi connectivity index (χ3v) is 3.25. The van der Waals surface area contributed by atoms with Crippen molar-refractivity contribution >= 4 is 0 Å². The van der Waals surface area contributed by atoms with Gasteiger partial charge in [0.05, 0.1) is 0 Å². The number of para-hydroxylation sites is 2. The zero-order valence-corrected chi connectivity index (χ0v) is 12.7. The number of hydrogen-bond acceptors (Lipinski definition) is 3. The third kappa shape index (κ3) is 4.80. The maximum Gasteiger partial charge on any atom is 0.124 e. The highest BCUT2D eigenvalue weighted by molar-refractivity contribution is 5.35. The van der Waals surface area contributed by atoms with Crippen LogP contribution >= 0.6 is 0 Å². The van der Waals surface area contributed by atoms with Gasteiger partial charge in [0.1, 0.15) is 24.7 Å². The van der Waals surface area contributed by atoms with Crippen LogP contribution in [0.1, 0.15) is 25.5 Å². The zero-order chi connectivity index (χ0) is 14.9. The van der Waals surface area contributed by atoms with Gasteiger partial charge in [-0.3, -0.25) is 0 Å². The number of benzene rings is 2. The Hall–Kier alpha value is -2.00. The van der Waals surface area contributed by atoms with E-state index in [4.69, 9.17) is 9.47 Å². The molecular weight excluding hydrogens is 262 g/mol. The van der Waals surface area contributed by atoms with Crippen molar-refractivity contribution in [1.82, 2.24) is 5.32 Å². The first kappa shape index (κ1) is 15.4. The summed E-state index contributed by atoms with van der Waals surface area (Å²) in [7, 11) is 0. The van der Waals surface area contributed by atoms with Gasteiger partial charge < -0.3 is 14.8 Å². The van der Waals surface area contributed by atoms with E-state index in [0.717, 1.165) is 18.0 Å². The average Bonchev–Trinajstić information content (AvgIpc) is 2.53. The van der Waals surface area contributed by atoms with Crippen LogP contribution in [0.4, 0.5) is 0 Å². The molecule has 112 valence electrons. The largest absolute Gasteiger partial charge is 0.490 e. The summed E-state index contributed by atoms with van der Waals surface area (Å²) in [6.45, 7) is 6.26. The summed E-state index contributed by atoms with van der Waals surface area (Å²) in [6.07, 6.45) is 0. The number of rotatable bonds is 8. The summed E-state index contributed by atoms with van der Waals surface area (Å²) in [5, 5.41) is 3.41. The van der Waals surface area contributed by atoms with Crippen LogP contribution in [0.2, 0.25) is 0 Å². The van der Waals surface area contributed by atoms with Crippen molar-refractivity contribution in [1.29, 1.82) is 0 Å². The zero-order valence-electron chi connectivity index (χ0n) is 12.7. The van der Waals surface area contributed by atoms with E-state index in [1.807, 2.05) is 48.5 Å². The molecule has 0 heterocycles. The highest BCUT2D eigenvalue weighted by Crippen LogP contribution is 2.24. The Morgan fingerprint density at radius 1 is 0.905 bits per heavy atom. The molecule has 21 heavy (non-hydrogen) atoms. The van der Waals surface area contributed by atoms with Gasteiger partial charge in [-0.05, 0) is 31.7 Å². The molecule has 0 aliphatic heterocycles. The van der Waals surface area contributed by atoms with Crippen LogP contribution in [0.15, 0.2) is 54.6 Å². The van der Waals surface area contributed by atoms with Crippen molar-refractivity contribution in [2.45, 2.75) is 19.9 Å². The van der Waals surface area contributed by atoms with E-state index >= 15 is 0 Å². The van der Waals surface area contributed by atoms with Gasteiger partial charge in [0.25, 0.3) is 0 Å². The molecule has 0 saturated heterocycles. The van der Waals surface area contributed by atoms with Crippen molar-refractivity contribution < 1.29 is 9.47 Å². The van der Waals surface area contributed by atoms with E-state index < -0.39 is 0 Å². The van der Waals surface area contributed by atoms with Gasteiger partial charge in [-0.25, -0.2) is 0 Å². The van der Waals surface area contributed by atoms with Crippen molar-refractivity contribution in [2.75, 3.05) is 19.8 Å². The fourth-order valence-corrected chi connectivity index (χ4v) is 2.21. The number of hydrogen-bond donors (Lipinski definition) is 1. The molecule has 3 heteroatoms. The molecular formula is C18H23NO2. The molecule has 0 bridgehead atoms. The molecule has 0 fully saturated rings. The van der Waals surface area contributed by atoms with E-state index in [2.05, 4.69) is 25.2 Å². The van der Waals surface area contributed by atoms with Gasteiger partial charge in [0.15, 0.2) is 0 Å². The van der Waals surface area contributed by atoms with Gasteiger partial charge in [-0.1, -0.05) is 43.3 Å². The summed E-state index contributed by atoms with van der Waals surface area (Å²) in [5.74, 6) is 1.79. The first-order valence-electron chi connectivity index (χ1n) is 7.44. The Labute approximate surface area is 126 Å². The van der Waals surface area contributed by atoms with E-state index in [9.17, 15) is 0 Å². The first-order valence-corrected chi connectivity index (χ1v) is 7.44. The predicted octanol–water partition coefficient (Wildman–Crippen LogP) is 3.81. The van der Waals surface area contributed by atoms with Crippen LogP contribution < -0.4 is 14.8 Å². The highest BCUT2D eigenvalue weighted by Gasteiger charge is 2.09. The van der Waals surface area contributed by atoms with Crippen LogP contribution in [0.25, 0.3) is 0 Å². The van der Waals surface area contributed by atoms with Crippen molar-refractivity contribution in [3.05, 3.63) is 60.2 Å². The Balaban J connectivity index is 1.85. The topological polar surface area (TPSA) is 30.5 Å². The summed E-state index contributed by atoms with van der Waals surface area (Å²) in [5.41, 5.74) is 1.18. The Kier molecular flexibility index (Phi) is 6.10. The van der Waals surface area contributed by atoms with E-state index in [1.54, 1.807) is 0 Å². The van der Waals surface area contributed by atoms with Crippen LogP contribution in [-0.4, -0.2) is 19.8 Å². The quantitative estimate of drug-likeness (QED) is 0.748. The predicted molar refractivity (Wildman–Crippen MR) is 86.0 cm³/mol. The maximum absolute atomic E-state index is 5.86. The molecule has 2 aromatic carbocycles. The van der Waals surface area contributed by atoms with Crippen LogP contribution in [0.3, 0.4) is 0 Å². The second-order valence-corrected chi connectivity index (χ2v) is 4.83. The van der Waals surface area contributed by atoms with E-state index in [1.165, 1.54) is 5.56 Å². The Morgan fingerprint density at radius 2 is 1.57 bits per heavy atom. The minimum atomic E-state index is 0.279. The van der Waals surface area contributed by atoms with E-state index in [-0.39, 0.29) is 6.04 Å². The average molecular weight is 285 g/mol. The molecule has 2 aromatic rings. The van der Waals surface area contributed by atoms with Gasteiger partial charge in [0, 0.05) is 11.6 Å². The molecule has 1 unspecified atom stereocenters. The summed E-state index contributed by atoms with van der Waals surface area (Å²) < 4.78 is 11.5. The molecule has 0 spiro atoms. The molecule has 0 amide bonds. The van der Waals surface area contributed by atoms with Gasteiger partial charge in [0.2, 0.25) is 0 Å². The fraction of sp³-hybridized carbons (Fsp3) is 0.333. The molecule has 0 aromatic heterocycles. The normalized spacial score (nSPS) is 11.9. The minimum absolute atomic E-state index is 0.279. The fourth-order valence-electron chi connectivity index (χ4n) is 2.21. The second-order valence-electron chi connectivity index (χ2n) is 4.83. The Morgan fingerprint density at radius 3 is 2.33 bits per heavy atom. The molecule has 0 saturated carbocycles. The maximum atomic E-state index is 5.86. The standard InChI is InChI=1S/C18H23NO2/c1-3-19-15(2)17-11-7-8-12-18(17)21-14-13-20-16-9-5-4-6-10-16/h4-12,15,19H,3,13-14H2,1-2H3. The molecule has 0 aliphatic carbocycles. The minimum Gasteiger partial charge on any atom is -0.490 e. The van der Waals surface area contributed by atoms with E-state index in [0.29, 0.717) is 13.2 Å².